The quantitative estimate of drug-likeness (QED) is 0.378. The normalized spacial score (nSPS) is 31.1. The second-order valence-electron chi connectivity index (χ2n) is 15.9. The number of benzene rings is 2. The lowest BCUT2D eigenvalue weighted by atomic mass is 9.62. The highest BCUT2D eigenvalue weighted by molar-refractivity contribution is 7.90. The number of hydrogen-bond donors (Lipinski definition) is 3. The van der Waals surface area contributed by atoms with E-state index in [4.69, 9.17) is 16.3 Å². The van der Waals surface area contributed by atoms with Gasteiger partial charge in [0.15, 0.2) is 0 Å². The molecule has 1 amide bonds. The van der Waals surface area contributed by atoms with Gasteiger partial charge in [-0.1, -0.05) is 37.1 Å². The van der Waals surface area contributed by atoms with Crippen molar-refractivity contribution in [1.82, 2.24) is 14.5 Å². The monoisotopic (exact) mass is 744 g/mol. The van der Waals surface area contributed by atoms with Crippen molar-refractivity contribution in [3.05, 3.63) is 58.1 Å². The third-order valence-corrected chi connectivity index (χ3v) is 14.4. The Morgan fingerprint density at radius 1 is 1.02 bits per heavy atom. The number of fused-ring (bicyclic) bond motifs is 3. The summed E-state index contributed by atoms with van der Waals surface area (Å²) in [6.07, 6.45) is 5.02. The Kier molecular flexibility index (Phi) is 12.0. The summed E-state index contributed by atoms with van der Waals surface area (Å²) in [7, 11) is -3.88. The molecule has 51 heavy (non-hydrogen) atoms. The van der Waals surface area contributed by atoms with E-state index in [1.165, 1.54) is 5.56 Å². The molecule has 6 rings (SSSR count). The molecule has 0 spiro atoms. The Bertz CT molecular complexity index is 1660. The zero-order chi connectivity index (χ0) is 36.5. The van der Waals surface area contributed by atoms with Gasteiger partial charge in [0, 0.05) is 43.8 Å². The number of β-amino-alcohol motifs (C(OH)–C–C–N with tert-alkyl or cyclic N) is 1. The van der Waals surface area contributed by atoms with E-state index < -0.39 is 27.1 Å². The fourth-order valence-corrected chi connectivity index (χ4v) is 10.3. The van der Waals surface area contributed by atoms with E-state index in [0.717, 1.165) is 56.4 Å². The lowest BCUT2D eigenvalue weighted by Crippen LogP contribution is -2.60. The van der Waals surface area contributed by atoms with Crippen LogP contribution >= 0.6 is 11.6 Å². The van der Waals surface area contributed by atoms with Gasteiger partial charge in [-0.2, -0.15) is 4.72 Å². The molecule has 282 valence electrons. The number of carbonyl (C=O) groups excluding carboxylic acids is 1. The third-order valence-electron chi connectivity index (χ3n) is 12.2. The molecule has 12 heteroatoms. The molecule has 2 aromatic rings. The Morgan fingerprint density at radius 2 is 1.82 bits per heavy atom. The molecule has 1 aliphatic carbocycles. The van der Waals surface area contributed by atoms with E-state index >= 15 is 0 Å². The molecule has 1 saturated carbocycles. The van der Waals surface area contributed by atoms with Gasteiger partial charge >= 0.3 is 0 Å². The van der Waals surface area contributed by atoms with Crippen molar-refractivity contribution in [1.29, 1.82) is 0 Å². The molecule has 3 heterocycles. The number of nitrogens with one attached hydrogen (secondary N) is 1. The van der Waals surface area contributed by atoms with Crippen LogP contribution in [0.1, 0.15) is 95.6 Å². The maximum atomic E-state index is 13.6. The number of hydrogen-bond acceptors (Lipinski definition) is 8. The molecule has 0 radical (unpaired) electrons. The molecule has 0 aromatic heterocycles. The van der Waals surface area contributed by atoms with Crippen LogP contribution in [0, 0.1) is 17.8 Å². The van der Waals surface area contributed by atoms with Gasteiger partial charge in [-0.05, 0) is 124 Å². The summed E-state index contributed by atoms with van der Waals surface area (Å²) in [5, 5.41) is 23.9. The van der Waals surface area contributed by atoms with Crippen LogP contribution < -0.4 is 14.4 Å². The number of ether oxygens (including phenoxy) is 1. The predicted molar refractivity (Wildman–Crippen MR) is 201 cm³/mol. The average molecular weight is 745 g/mol. The average Bonchev–Trinajstić information content (AvgIpc) is 3.08. The maximum Gasteiger partial charge on any atom is 0.237 e. The smallest absolute Gasteiger partial charge is 0.237 e. The van der Waals surface area contributed by atoms with Crippen LogP contribution in [-0.4, -0.2) is 90.5 Å². The number of anilines is 1. The second-order valence-corrected chi connectivity index (χ2v) is 18.4. The highest BCUT2D eigenvalue weighted by Gasteiger charge is 2.48. The van der Waals surface area contributed by atoms with E-state index in [1.54, 1.807) is 13.0 Å². The summed E-state index contributed by atoms with van der Waals surface area (Å²) in [5.74, 6) is 0.806. The van der Waals surface area contributed by atoms with Crippen LogP contribution in [0.4, 0.5) is 5.69 Å². The molecule has 2 fully saturated rings. The van der Waals surface area contributed by atoms with Crippen LogP contribution in [0.25, 0.3) is 0 Å². The van der Waals surface area contributed by atoms with E-state index in [0.29, 0.717) is 68.4 Å². The minimum Gasteiger partial charge on any atom is -0.487 e. The Hall–Kier alpha value is -2.41. The zero-order valence-corrected chi connectivity index (χ0v) is 32.3. The van der Waals surface area contributed by atoms with Gasteiger partial charge in [0.25, 0.3) is 0 Å². The van der Waals surface area contributed by atoms with Crippen molar-refractivity contribution in [2.24, 2.45) is 17.8 Å². The lowest BCUT2D eigenvalue weighted by Gasteiger charge is -2.51. The first-order valence-electron chi connectivity index (χ1n) is 19.0. The molecular weight excluding hydrogens is 688 g/mol. The van der Waals surface area contributed by atoms with Crippen molar-refractivity contribution in [3.8, 4) is 5.75 Å². The summed E-state index contributed by atoms with van der Waals surface area (Å²) in [6, 6.07) is 11.5. The zero-order valence-electron chi connectivity index (χ0n) is 30.7. The van der Waals surface area contributed by atoms with Gasteiger partial charge in [0.1, 0.15) is 18.6 Å². The molecule has 1 unspecified atom stereocenters. The number of nitrogens with zero attached hydrogens (tertiary/aromatic N) is 3. The first kappa shape index (κ1) is 38.3. The molecule has 2 aromatic carbocycles. The summed E-state index contributed by atoms with van der Waals surface area (Å²) < 4.78 is 36.2. The minimum absolute atomic E-state index is 0.0319. The summed E-state index contributed by atoms with van der Waals surface area (Å²) in [4.78, 5) is 19.4. The fourth-order valence-electron chi connectivity index (χ4n) is 8.69. The van der Waals surface area contributed by atoms with Crippen LogP contribution in [0.2, 0.25) is 5.02 Å². The van der Waals surface area contributed by atoms with E-state index in [9.17, 15) is 23.4 Å². The van der Waals surface area contributed by atoms with E-state index in [2.05, 4.69) is 14.5 Å². The number of amides is 1. The topological polar surface area (TPSA) is 123 Å². The summed E-state index contributed by atoms with van der Waals surface area (Å²) >= 11 is 6.38. The van der Waals surface area contributed by atoms with Gasteiger partial charge in [-0.3, -0.25) is 9.69 Å². The molecule has 3 N–H and O–H groups in total. The number of carbonyl (C=O) groups is 1. The van der Waals surface area contributed by atoms with Gasteiger partial charge in [-0.25, -0.2) is 8.42 Å². The molecule has 10 nitrogen and oxygen atoms in total. The molecular formula is C39H57ClN4O6S. The van der Waals surface area contributed by atoms with Crippen LogP contribution in [0.5, 0.6) is 5.75 Å². The first-order valence-corrected chi connectivity index (χ1v) is 20.9. The van der Waals surface area contributed by atoms with Crippen LogP contribution in [-0.2, 0) is 27.8 Å². The summed E-state index contributed by atoms with van der Waals surface area (Å²) in [6.45, 7) is 11.6. The van der Waals surface area contributed by atoms with Crippen molar-refractivity contribution >= 4 is 33.2 Å². The Morgan fingerprint density at radius 3 is 2.55 bits per heavy atom. The SMILES string of the molecule is CC(C)N1CCN(C[C@]2(O)CCC[C@H](C)[C@@H](C)S(=O)(=O)NC(O)c3ccc4c(c3)N(CCCCc3cc(Cl)ccc3CO4)C[C@@H]3CC[C@H]32)CC1=O. The molecule has 6 atom stereocenters. The van der Waals surface area contributed by atoms with Gasteiger partial charge in [0.05, 0.1) is 23.1 Å². The lowest BCUT2D eigenvalue weighted by molar-refractivity contribution is -0.143. The van der Waals surface area contributed by atoms with Crippen molar-refractivity contribution in [3.63, 3.8) is 0 Å². The Labute approximate surface area is 309 Å². The second kappa shape index (κ2) is 15.9. The molecule has 2 bridgehead atoms. The number of aliphatic hydroxyl groups excluding tert-OH is 1. The highest BCUT2D eigenvalue weighted by atomic mass is 35.5. The number of aryl methyl sites for hydroxylation is 1. The highest BCUT2D eigenvalue weighted by Crippen LogP contribution is 2.47. The van der Waals surface area contributed by atoms with Gasteiger partial charge in [-0.15, -0.1) is 0 Å². The third kappa shape index (κ3) is 8.71. The van der Waals surface area contributed by atoms with E-state index in [1.807, 2.05) is 56.0 Å². The molecule has 1 saturated heterocycles. The maximum absolute atomic E-state index is 13.6. The van der Waals surface area contributed by atoms with Crippen molar-refractivity contribution < 1.29 is 28.2 Å². The van der Waals surface area contributed by atoms with Gasteiger partial charge < -0.3 is 24.7 Å². The number of piperazine rings is 1. The first-order chi connectivity index (χ1) is 24.2. The fraction of sp³-hybridized carbons (Fsp3) is 0.667. The van der Waals surface area contributed by atoms with Gasteiger partial charge in [0.2, 0.25) is 15.9 Å². The number of halogens is 1. The van der Waals surface area contributed by atoms with Crippen molar-refractivity contribution in [2.75, 3.05) is 44.2 Å². The number of aliphatic hydroxyl groups is 2. The van der Waals surface area contributed by atoms with Crippen LogP contribution in [0.15, 0.2) is 36.4 Å². The largest absolute Gasteiger partial charge is 0.487 e. The number of rotatable bonds is 3. The Balaban J connectivity index is 1.35. The molecule has 3 aliphatic heterocycles. The van der Waals surface area contributed by atoms with Crippen LogP contribution in [0.3, 0.4) is 0 Å². The minimum atomic E-state index is -3.88. The summed E-state index contributed by atoms with van der Waals surface area (Å²) in [5.41, 5.74) is 2.48. The standard InChI is InChI=1S/C39H57ClN4O6S/c1-26(2)44-19-18-42(23-37(44)45)25-39(47)16-7-8-27(3)28(4)51(48,49)41-38(46)30-12-15-36-35(21-30)43(22-31-11-14-34(31)39)17-6-5-9-29-20-33(40)13-10-32(29)24-50-36/h10,12-13,15,20-21,26-28,31,34,38,41,46-47H,5-9,11,14,16-19,22-25H2,1-4H3/t27-,28+,31-,34+,38?,39+/m0/s1. The predicted octanol–water partition coefficient (Wildman–Crippen LogP) is 5.49. The molecule has 4 aliphatic rings. The van der Waals surface area contributed by atoms with E-state index in [-0.39, 0.29) is 29.7 Å². The van der Waals surface area contributed by atoms with Crippen molar-refractivity contribution in [2.45, 2.75) is 109 Å². The number of sulfonamides is 1.